The van der Waals surface area contributed by atoms with Crippen molar-refractivity contribution in [2.45, 2.75) is 25.8 Å². The van der Waals surface area contributed by atoms with Gasteiger partial charge in [0.1, 0.15) is 0 Å². The van der Waals surface area contributed by atoms with Gasteiger partial charge in [-0.25, -0.2) is 5.10 Å². The van der Waals surface area contributed by atoms with Crippen molar-refractivity contribution in [3.63, 3.8) is 0 Å². The number of nitrogens with one attached hydrogen (secondary N) is 2. The summed E-state index contributed by atoms with van der Waals surface area (Å²) < 4.78 is 5.08. The van der Waals surface area contributed by atoms with Crippen LogP contribution in [-0.2, 0) is 4.74 Å². The maximum absolute atomic E-state index is 5.40. The number of H-pyrrole nitrogens is 1. The van der Waals surface area contributed by atoms with Crippen molar-refractivity contribution in [2.75, 3.05) is 24.8 Å². The molecule has 0 aliphatic heterocycles. The molecular formula is C8H17N5O. The van der Waals surface area contributed by atoms with Crippen molar-refractivity contribution >= 4 is 11.9 Å². The minimum absolute atomic E-state index is 0.236. The molecule has 6 heteroatoms. The van der Waals surface area contributed by atoms with Crippen molar-refractivity contribution in [3.05, 3.63) is 0 Å². The van der Waals surface area contributed by atoms with Crippen LogP contribution in [-0.4, -0.2) is 34.9 Å². The van der Waals surface area contributed by atoms with Crippen LogP contribution in [0.1, 0.15) is 19.8 Å². The maximum atomic E-state index is 5.40. The van der Waals surface area contributed by atoms with E-state index < -0.39 is 0 Å². The zero-order chi connectivity index (χ0) is 10.4. The molecular weight excluding hydrogens is 182 g/mol. The molecule has 80 valence electrons. The molecule has 6 nitrogen and oxygen atoms in total. The lowest BCUT2D eigenvalue weighted by atomic mass is 10.2. The number of hydrogen-bond acceptors (Lipinski definition) is 5. The molecule has 0 aromatic carbocycles. The number of nitrogens with two attached hydrogens (primary N) is 1. The number of anilines is 2. The van der Waals surface area contributed by atoms with Gasteiger partial charge in [0, 0.05) is 7.11 Å². The van der Waals surface area contributed by atoms with Crippen molar-refractivity contribution in [2.24, 2.45) is 0 Å². The van der Waals surface area contributed by atoms with Gasteiger partial charge in [0.25, 0.3) is 0 Å². The summed E-state index contributed by atoms with van der Waals surface area (Å²) >= 11 is 0. The molecule has 1 rings (SSSR count). The summed E-state index contributed by atoms with van der Waals surface area (Å²) in [4.78, 5) is 3.96. The van der Waals surface area contributed by atoms with Gasteiger partial charge in [-0.1, -0.05) is 13.3 Å². The number of rotatable bonds is 6. The number of ether oxygens (including phenoxy) is 1. The Labute approximate surface area is 83.2 Å². The van der Waals surface area contributed by atoms with Gasteiger partial charge < -0.3 is 15.8 Å². The fourth-order valence-electron chi connectivity index (χ4n) is 1.27. The van der Waals surface area contributed by atoms with E-state index in [1.807, 2.05) is 0 Å². The summed E-state index contributed by atoms with van der Waals surface area (Å²) in [6.45, 7) is 2.76. The average molecular weight is 199 g/mol. The number of aromatic nitrogens is 3. The third-order valence-electron chi connectivity index (χ3n) is 1.84. The summed E-state index contributed by atoms with van der Waals surface area (Å²) in [6, 6.07) is 0.236. The fraction of sp³-hybridized carbons (Fsp3) is 0.750. The van der Waals surface area contributed by atoms with Gasteiger partial charge in [0.15, 0.2) is 0 Å². The monoisotopic (exact) mass is 199 g/mol. The van der Waals surface area contributed by atoms with Gasteiger partial charge in [-0.05, 0) is 6.42 Å². The molecule has 4 N–H and O–H groups in total. The highest BCUT2D eigenvalue weighted by molar-refractivity contribution is 5.30. The molecule has 1 atom stereocenters. The van der Waals surface area contributed by atoms with Crippen molar-refractivity contribution in [3.8, 4) is 0 Å². The number of methoxy groups -OCH3 is 1. The SMILES string of the molecule is CCCC(COC)Nc1n[nH]c(N)n1. The van der Waals surface area contributed by atoms with Crippen LogP contribution in [0.3, 0.4) is 0 Å². The first-order chi connectivity index (χ1) is 6.76. The van der Waals surface area contributed by atoms with E-state index in [1.165, 1.54) is 0 Å². The van der Waals surface area contributed by atoms with E-state index in [9.17, 15) is 0 Å². The van der Waals surface area contributed by atoms with E-state index in [-0.39, 0.29) is 6.04 Å². The van der Waals surface area contributed by atoms with Gasteiger partial charge >= 0.3 is 0 Å². The number of nitrogens with zero attached hydrogens (tertiary/aromatic N) is 2. The number of aromatic amines is 1. The first-order valence-corrected chi connectivity index (χ1v) is 4.69. The molecule has 1 aromatic rings. The molecule has 0 spiro atoms. The van der Waals surface area contributed by atoms with Gasteiger partial charge in [0.2, 0.25) is 11.9 Å². The van der Waals surface area contributed by atoms with Crippen LogP contribution < -0.4 is 11.1 Å². The molecule has 0 fully saturated rings. The molecule has 0 amide bonds. The van der Waals surface area contributed by atoms with Crippen molar-refractivity contribution < 1.29 is 4.74 Å². The maximum Gasteiger partial charge on any atom is 0.243 e. The molecule has 1 aromatic heterocycles. The average Bonchev–Trinajstić information content (AvgIpc) is 2.52. The van der Waals surface area contributed by atoms with Gasteiger partial charge in [0.05, 0.1) is 12.6 Å². The van der Waals surface area contributed by atoms with Crippen LogP contribution in [0.2, 0.25) is 0 Å². The van der Waals surface area contributed by atoms with E-state index in [0.29, 0.717) is 18.5 Å². The Bertz CT molecular complexity index is 256. The first-order valence-electron chi connectivity index (χ1n) is 4.69. The van der Waals surface area contributed by atoms with Crippen molar-refractivity contribution in [1.82, 2.24) is 15.2 Å². The van der Waals surface area contributed by atoms with Gasteiger partial charge in [-0.15, -0.1) is 5.10 Å². The fourth-order valence-corrected chi connectivity index (χ4v) is 1.27. The molecule has 0 aliphatic rings. The Morgan fingerprint density at radius 3 is 2.93 bits per heavy atom. The van der Waals surface area contributed by atoms with E-state index in [1.54, 1.807) is 7.11 Å². The van der Waals surface area contributed by atoms with Crippen LogP contribution in [0.15, 0.2) is 0 Å². The summed E-state index contributed by atoms with van der Waals surface area (Å²) in [5, 5.41) is 9.61. The molecule has 1 heterocycles. The van der Waals surface area contributed by atoms with E-state index in [0.717, 1.165) is 12.8 Å². The minimum atomic E-state index is 0.236. The van der Waals surface area contributed by atoms with Crippen molar-refractivity contribution in [1.29, 1.82) is 0 Å². The Morgan fingerprint density at radius 1 is 1.64 bits per heavy atom. The molecule has 14 heavy (non-hydrogen) atoms. The highest BCUT2D eigenvalue weighted by Gasteiger charge is 2.09. The minimum Gasteiger partial charge on any atom is -0.383 e. The van der Waals surface area contributed by atoms with E-state index in [2.05, 4.69) is 27.4 Å². The molecule has 0 bridgehead atoms. The van der Waals surface area contributed by atoms with Gasteiger partial charge in [-0.2, -0.15) is 4.98 Å². The van der Waals surface area contributed by atoms with E-state index >= 15 is 0 Å². The van der Waals surface area contributed by atoms with Crippen LogP contribution in [0.4, 0.5) is 11.9 Å². The molecule has 0 saturated heterocycles. The highest BCUT2D eigenvalue weighted by atomic mass is 16.5. The number of nitrogen functional groups attached to an aromatic ring is 1. The third kappa shape index (κ3) is 3.21. The zero-order valence-electron chi connectivity index (χ0n) is 8.58. The van der Waals surface area contributed by atoms with Crippen LogP contribution in [0.25, 0.3) is 0 Å². The highest BCUT2D eigenvalue weighted by Crippen LogP contribution is 2.06. The quantitative estimate of drug-likeness (QED) is 0.624. The number of hydrogen-bond donors (Lipinski definition) is 3. The van der Waals surface area contributed by atoms with Gasteiger partial charge in [-0.3, -0.25) is 0 Å². The Balaban J connectivity index is 2.46. The topological polar surface area (TPSA) is 88.8 Å². The summed E-state index contributed by atoms with van der Waals surface area (Å²) in [5.41, 5.74) is 5.40. The predicted molar refractivity (Wildman–Crippen MR) is 55.0 cm³/mol. The van der Waals surface area contributed by atoms with Crippen LogP contribution in [0, 0.1) is 0 Å². The molecule has 0 aliphatic carbocycles. The lowest BCUT2D eigenvalue weighted by molar-refractivity contribution is 0.182. The standard InChI is InChI=1S/C8H17N5O/c1-3-4-6(5-14-2)10-8-11-7(9)12-13-8/h6H,3-5H2,1-2H3,(H4,9,10,11,12,13). The Kier molecular flexibility index (Phi) is 4.18. The smallest absolute Gasteiger partial charge is 0.243 e. The second-order valence-electron chi connectivity index (χ2n) is 3.13. The Hall–Kier alpha value is -1.30. The second-order valence-corrected chi connectivity index (χ2v) is 3.13. The first kappa shape index (κ1) is 10.8. The normalized spacial score (nSPS) is 12.7. The summed E-state index contributed by atoms with van der Waals surface area (Å²) in [6.07, 6.45) is 2.10. The lowest BCUT2D eigenvalue weighted by Crippen LogP contribution is -2.25. The zero-order valence-corrected chi connectivity index (χ0v) is 8.58. The van der Waals surface area contributed by atoms with Crippen LogP contribution in [0.5, 0.6) is 0 Å². The largest absolute Gasteiger partial charge is 0.383 e. The molecule has 0 radical (unpaired) electrons. The summed E-state index contributed by atoms with van der Waals surface area (Å²) in [7, 11) is 1.68. The molecule has 0 saturated carbocycles. The second kappa shape index (κ2) is 5.43. The lowest BCUT2D eigenvalue weighted by Gasteiger charge is -2.15. The summed E-state index contributed by atoms with van der Waals surface area (Å²) in [5.74, 6) is 0.846. The molecule has 1 unspecified atom stereocenters. The van der Waals surface area contributed by atoms with Crippen LogP contribution >= 0.6 is 0 Å². The van der Waals surface area contributed by atoms with E-state index in [4.69, 9.17) is 10.5 Å². The third-order valence-corrected chi connectivity index (χ3v) is 1.84. The predicted octanol–water partition coefficient (Wildman–Crippen LogP) is 0.614. The Morgan fingerprint density at radius 2 is 2.43 bits per heavy atom.